The number of nitrogens with one attached hydrogen (secondary N) is 1. The average molecular weight is 303 g/mol. The van der Waals surface area contributed by atoms with E-state index in [-0.39, 0.29) is 0 Å². The number of imidazole rings is 1. The van der Waals surface area contributed by atoms with Crippen molar-refractivity contribution in [3.8, 4) is 0 Å². The van der Waals surface area contributed by atoms with Crippen LogP contribution < -0.4 is 5.32 Å². The Morgan fingerprint density at radius 2 is 2.32 bits per heavy atom. The molecule has 0 saturated carbocycles. The maximum atomic E-state index is 5.07. The van der Waals surface area contributed by atoms with Gasteiger partial charge in [-0.2, -0.15) is 5.10 Å². The fourth-order valence-corrected chi connectivity index (χ4v) is 3.10. The molecule has 2 aromatic heterocycles. The number of hydrogen-bond acceptors (Lipinski definition) is 4. The van der Waals surface area contributed by atoms with Crippen LogP contribution in [-0.2, 0) is 24.4 Å². The highest BCUT2D eigenvalue weighted by molar-refractivity contribution is 5.10. The summed E-state index contributed by atoms with van der Waals surface area (Å²) in [5.41, 5.74) is 2.34. The van der Waals surface area contributed by atoms with Crippen molar-refractivity contribution in [2.75, 3.05) is 20.3 Å². The smallest absolute Gasteiger partial charge is 0.113 e. The van der Waals surface area contributed by atoms with Crippen LogP contribution in [0.15, 0.2) is 18.6 Å². The van der Waals surface area contributed by atoms with Crippen molar-refractivity contribution < 1.29 is 4.74 Å². The topological polar surface area (TPSA) is 56.9 Å². The second kappa shape index (κ2) is 7.07. The molecule has 0 radical (unpaired) electrons. The highest BCUT2D eigenvalue weighted by Crippen LogP contribution is 2.26. The highest BCUT2D eigenvalue weighted by Gasteiger charge is 2.21. The van der Waals surface area contributed by atoms with E-state index in [2.05, 4.69) is 39.3 Å². The molecule has 0 bridgehead atoms. The molecule has 1 aliphatic rings. The first-order valence-corrected chi connectivity index (χ1v) is 8.01. The van der Waals surface area contributed by atoms with Gasteiger partial charge in [-0.3, -0.25) is 4.68 Å². The van der Waals surface area contributed by atoms with E-state index in [0.717, 1.165) is 31.9 Å². The zero-order valence-corrected chi connectivity index (χ0v) is 13.5. The molecule has 3 heterocycles. The van der Waals surface area contributed by atoms with Crippen molar-refractivity contribution in [3.05, 3.63) is 35.7 Å². The van der Waals surface area contributed by atoms with E-state index in [1.165, 1.54) is 24.2 Å². The normalized spacial score (nSPS) is 17.6. The number of ether oxygens (including phenoxy) is 1. The fraction of sp³-hybridized carbons (Fsp3) is 0.625. The molecule has 0 amide bonds. The van der Waals surface area contributed by atoms with E-state index in [9.17, 15) is 0 Å². The second-order valence-corrected chi connectivity index (χ2v) is 6.01. The monoisotopic (exact) mass is 303 g/mol. The van der Waals surface area contributed by atoms with Crippen molar-refractivity contribution in [2.24, 2.45) is 0 Å². The molecule has 1 atom stereocenters. The molecule has 1 N–H and O–H groups in total. The molecule has 0 aliphatic carbocycles. The molecule has 0 spiro atoms. The first-order chi connectivity index (χ1) is 10.8. The largest absolute Gasteiger partial charge is 0.383 e. The van der Waals surface area contributed by atoms with Gasteiger partial charge in [0.1, 0.15) is 5.82 Å². The molecule has 22 heavy (non-hydrogen) atoms. The summed E-state index contributed by atoms with van der Waals surface area (Å²) in [7, 11) is 1.71. The molecular weight excluding hydrogens is 278 g/mol. The predicted octanol–water partition coefficient (Wildman–Crippen LogP) is 1.70. The van der Waals surface area contributed by atoms with Crippen LogP contribution in [0, 0.1) is 6.92 Å². The molecule has 3 rings (SSSR count). The number of rotatable bonds is 7. The van der Waals surface area contributed by atoms with Gasteiger partial charge in [-0.05, 0) is 19.8 Å². The molecule has 2 aromatic rings. The third-order valence-electron chi connectivity index (χ3n) is 4.18. The van der Waals surface area contributed by atoms with Gasteiger partial charge in [0, 0.05) is 50.6 Å². The Kier molecular flexibility index (Phi) is 4.90. The molecule has 0 aromatic carbocycles. The summed E-state index contributed by atoms with van der Waals surface area (Å²) in [5.74, 6) is 1.76. The van der Waals surface area contributed by atoms with Gasteiger partial charge >= 0.3 is 0 Å². The van der Waals surface area contributed by atoms with E-state index in [0.29, 0.717) is 12.5 Å². The number of aryl methyl sites for hydroxylation is 2. The van der Waals surface area contributed by atoms with Crippen molar-refractivity contribution in [3.63, 3.8) is 0 Å². The Morgan fingerprint density at radius 1 is 1.41 bits per heavy atom. The lowest BCUT2D eigenvalue weighted by atomic mass is 9.99. The number of nitrogens with zero attached hydrogens (tertiary/aromatic N) is 4. The van der Waals surface area contributed by atoms with Crippen molar-refractivity contribution in [2.45, 2.75) is 45.3 Å². The fourth-order valence-electron chi connectivity index (χ4n) is 3.10. The van der Waals surface area contributed by atoms with E-state index >= 15 is 0 Å². The summed E-state index contributed by atoms with van der Waals surface area (Å²) >= 11 is 0. The first-order valence-electron chi connectivity index (χ1n) is 8.01. The quantitative estimate of drug-likeness (QED) is 0.846. The molecule has 6 nitrogen and oxygen atoms in total. The Hall–Kier alpha value is -1.66. The standard InChI is InChI=1S/C16H25N5O/c1-13-11-20-5-3-4-15(16(20)19-13)10-17-8-14-9-18-21(12-14)6-7-22-2/h9,11-12,15,17H,3-8,10H2,1-2H3/t15-/m0/s1. The molecular formula is C16H25N5O. The van der Waals surface area contributed by atoms with Gasteiger partial charge in [0.15, 0.2) is 0 Å². The maximum absolute atomic E-state index is 5.07. The molecule has 0 unspecified atom stereocenters. The third-order valence-corrected chi connectivity index (χ3v) is 4.18. The lowest BCUT2D eigenvalue weighted by molar-refractivity contribution is 0.183. The van der Waals surface area contributed by atoms with Crippen LogP contribution in [0.2, 0.25) is 0 Å². The van der Waals surface area contributed by atoms with Gasteiger partial charge in [-0.1, -0.05) is 0 Å². The predicted molar refractivity (Wildman–Crippen MR) is 84.7 cm³/mol. The first kappa shape index (κ1) is 15.2. The highest BCUT2D eigenvalue weighted by atomic mass is 16.5. The zero-order chi connectivity index (χ0) is 15.4. The Morgan fingerprint density at radius 3 is 3.18 bits per heavy atom. The minimum Gasteiger partial charge on any atom is -0.383 e. The van der Waals surface area contributed by atoms with Crippen molar-refractivity contribution in [1.29, 1.82) is 0 Å². The van der Waals surface area contributed by atoms with Crippen LogP contribution in [0.5, 0.6) is 0 Å². The summed E-state index contributed by atoms with van der Waals surface area (Å²) in [6.45, 7) is 6.50. The van der Waals surface area contributed by atoms with Gasteiger partial charge in [0.25, 0.3) is 0 Å². The minimum atomic E-state index is 0.519. The second-order valence-electron chi connectivity index (χ2n) is 6.01. The zero-order valence-electron chi connectivity index (χ0n) is 13.5. The Bertz CT molecular complexity index is 603. The minimum absolute atomic E-state index is 0.519. The Labute approximate surface area is 131 Å². The van der Waals surface area contributed by atoms with Crippen LogP contribution in [0.25, 0.3) is 0 Å². The van der Waals surface area contributed by atoms with Crippen molar-refractivity contribution >= 4 is 0 Å². The number of aromatic nitrogens is 4. The molecule has 0 saturated heterocycles. The van der Waals surface area contributed by atoms with Crippen LogP contribution in [0.3, 0.4) is 0 Å². The summed E-state index contributed by atoms with van der Waals surface area (Å²) in [6, 6.07) is 0. The van der Waals surface area contributed by atoms with E-state index in [1.54, 1.807) is 7.11 Å². The molecule has 120 valence electrons. The average Bonchev–Trinajstić information content (AvgIpc) is 3.11. The Balaban J connectivity index is 1.50. The number of fused-ring (bicyclic) bond motifs is 1. The van der Waals surface area contributed by atoms with E-state index < -0.39 is 0 Å². The maximum Gasteiger partial charge on any atom is 0.113 e. The van der Waals surface area contributed by atoms with Crippen LogP contribution in [0.1, 0.15) is 35.8 Å². The van der Waals surface area contributed by atoms with Crippen LogP contribution >= 0.6 is 0 Å². The summed E-state index contributed by atoms with van der Waals surface area (Å²) in [5, 5.41) is 7.89. The molecule has 0 fully saturated rings. The number of hydrogen-bond donors (Lipinski definition) is 1. The molecule has 6 heteroatoms. The summed E-state index contributed by atoms with van der Waals surface area (Å²) in [4.78, 5) is 4.69. The lowest BCUT2D eigenvalue weighted by Gasteiger charge is -2.23. The SMILES string of the molecule is COCCn1cc(CNC[C@@H]2CCCn3cc(C)nc32)cn1. The van der Waals surface area contributed by atoms with Gasteiger partial charge in [-0.25, -0.2) is 4.98 Å². The van der Waals surface area contributed by atoms with Gasteiger partial charge in [-0.15, -0.1) is 0 Å². The summed E-state index contributed by atoms with van der Waals surface area (Å²) < 4.78 is 9.31. The van der Waals surface area contributed by atoms with Crippen molar-refractivity contribution in [1.82, 2.24) is 24.6 Å². The van der Waals surface area contributed by atoms with Gasteiger partial charge < -0.3 is 14.6 Å². The van der Waals surface area contributed by atoms with Gasteiger partial charge in [0.05, 0.1) is 25.0 Å². The van der Waals surface area contributed by atoms with Crippen LogP contribution in [-0.4, -0.2) is 39.6 Å². The third kappa shape index (κ3) is 3.56. The van der Waals surface area contributed by atoms with Gasteiger partial charge in [0.2, 0.25) is 0 Å². The molecule has 1 aliphatic heterocycles. The van der Waals surface area contributed by atoms with Crippen LogP contribution in [0.4, 0.5) is 0 Å². The van der Waals surface area contributed by atoms with E-state index in [4.69, 9.17) is 4.74 Å². The summed E-state index contributed by atoms with van der Waals surface area (Å²) in [6.07, 6.45) is 8.63. The van der Waals surface area contributed by atoms with E-state index in [1.807, 2.05) is 10.9 Å². The lowest BCUT2D eigenvalue weighted by Crippen LogP contribution is -2.26. The number of methoxy groups -OCH3 is 1.